The Labute approximate surface area is 94.2 Å². The van der Waals surface area contributed by atoms with E-state index in [0.717, 1.165) is 6.42 Å². The van der Waals surface area contributed by atoms with E-state index in [2.05, 4.69) is 0 Å². The van der Waals surface area contributed by atoms with Crippen LogP contribution in [0.5, 0.6) is 5.75 Å². The van der Waals surface area contributed by atoms with Gasteiger partial charge >= 0.3 is 0 Å². The van der Waals surface area contributed by atoms with Crippen LogP contribution in [-0.4, -0.2) is 13.7 Å². The number of rotatable bonds is 4. The molecule has 1 aromatic carbocycles. The predicted octanol–water partition coefficient (Wildman–Crippen LogP) is 2.94. The van der Waals surface area contributed by atoms with E-state index >= 15 is 0 Å². The standard InChI is InChI=1S/C11H15ClFNO/c1-7(3-4-14)9-5-8(15-2)6-10(12)11(9)13/h5-7H,3-4,14H2,1-2H3. The number of nitrogens with two attached hydrogens (primary N) is 1. The molecule has 2 N–H and O–H groups in total. The molecular formula is C11H15ClFNO. The topological polar surface area (TPSA) is 35.2 Å². The average molecular weight is 232 g/mol. The fraction of sp³-hybridized carbons (Fsp3) is 0.455. The van der Waals surface area contributed by atoms with E-state index in [1.807, 2.05) is 6.92 Å². The summed E-state index contributed by atoms with van der Waals surface area (Å²) in [6, 6.07) is 3.14. The minimum absolute atomic E-state index is 0.0441. The lowest BCUT2D eigenvalue weighted by atomic mass is 9.97. The van der Waals surface area contributed by atoms with Gasteiger partial charge in [-0.15, -0.1) is 0 Å². The Balaban J connectivity index is 3.09. The van der Waals surface area contributed by atoms with Crippen molar-refractivity contribution in [1.82, 2.24) is 0 Å². The molecule has 1 unspecified atom stereocenters. The molecule has 0 amide bonds. The van der Waals surface area contributed by atoms with Crippen LogP contribution in [0.2, 0.25) is 5.02 Å². The number of halogens is 2. The number of methoxy groups -OCH3 is 1. The van der Waals surface area contributed by atoms with Gasteiger partial charge in [0.25, 0.3) is 0 Å². The molecule has 0 radical (unpaired) electrons. The average Bonchev–Trinajstić information content (AvgIpc) is 2.22. The SMILES string of the molecule is COc1cc(Cl)c(F)c(C(C)CCN)c1. The highest BCUT2D eigenvalue weighted by atomic mass is 35.5. The van der Waals surface area contributed by atoms with Crippen LogP contribution >= 0.6 is 11.6 Å². The molecule has 0 saturated carbocycles. The highest BCUT2D eigenvalue weighted by Gasteiger charge is 2.15. The summed E-state index contributed by atoms with van der Waals surface area (Å²) in [6.45, 7) is 2.44. The molecule has 4 heteroatoms. The van der Waals surface area contributed by atoms with Gasteiger partial charge < -0.3 is 10.5 Å². The Hall–Kier alpha value is -0.800. The molecule has 1 atom stereocenters. The molecule has 1 rings (SSSR count). The van der Waals surface area contributed by atoms with Gasteiger partial charge in [-0.2, -0.15) is 0 Å². The summed E-state index contributed by atoms with van der Waals surface area (Å²) in [7, 11) is 1.53. The van der Waals surface area contributed by atoms with Gasteiger partial charge in [-0.3, -0.25) is 0 Å². The highest BCUT2D eigenvalue weighted by molar-refractivity contribution is 6.31. The minimum atomic E-state index is -0.376. The second kappa shape index (κ2) is 5.33. The molecule has 0 bridgehead atoms. The summed E-state index contributed by atoms with van der Waals surface area (Å²) in [4.78, 5) is 0. The van der Waals surface area contributed by atoms with Gasteiger partial charge in [0.2, 0.25) is 0 Å². The van der Waals surface area contributed by atoms with Crippen LogP contribution < -0.4 is 10.5 Å². The second-order valence-corrected chi connectivity index (χ2v) is 3.90. The van der Waals surface area contributed by atoms with E-state index < -0.39 is 0 Å². The molecule has 0 aliphatic rings. The summed E-state index contributed by atoms with van der Waals surface area (Å²) < 4.78 is 18.7. The van der Waals surface area contributed by atoms with Crippen LogP contribution in [0.1, 0.15) is 24.8 Å². The van der Waals surface area contributed by atoms with Crippen LogP contribution in [0.3, 0.4) is 0 Å². The third-order valence-electron chi connectivity index (χ3n) is 2.40. The van der Waals surface area contributed by atoms with Crippen LogP contribution in [0.4, 0.5) is 4.39 Å². The Morgan fingerprint density at radius 1 is 1.53 bits per heavy atom. The lowest BCUT2D eigenvalue weighted by molar-refractivity contribution is 0.412. The largest absolute Gasteiger partial charge is 0.497 e. The number of hydrogen-bond acceptors (Lipinski definition) is 2. The van der Waals surface area contributed by atoms with E-state index in [4.69, 9.17) is 22.1 Å². The zero-order chi connectivity index (χ0) is 11.4. The Kier molecular flexibility index (Phi) is 4.36. The maximum absolute atomic E-state index is 13.7. The third kappa shape index (κ3) is 2.83. The van der Waals surface area contributed by atoms with Gasteiger partial charge in [0, 0.05) is 6.07 Å². The lowest BCUT2D eigenvalue weighted by Gasteiger charge is -2.14. The minimum Gasteiger partial charge on any atom is -0.497 e. The first kappa shape index (κ1) is 12.3. The van der Waals surface area contributed by atoms with Gasteiger partial charge in [-0.25, -0.2) is 4.39 Å². The highest BCUT2D eigenvalue weighted by Crippen LogP contribution is 2.31. The van der Waals surface area contributed by atoms with Crippen molar-refractivity contribution in [1.29, 1.82) is 0 Å². The predicted molar refractivity (Wildman–Crippen MR) is 60.0 cm³/mol. The Morgan fingerprint density at radius 3 is 2.73 bits per heavy atom. The van der Waals surface area contributed by atoms with Crippen molar-refractivity contribution in [3.8, 4) is 5.75 Å². The zero-order valence-corrected chi connectivity index (χ0v) is 9.64. The van der Waals surface area contributed by atoms with Crippen molar-refractivity contribution in [3.05, 3.63) is 28.5 Å². The summed E-state index contributed by atoms with van der Waals surface area (Å²) in [5.74, 6) is 0.237. The van der Waals surface area contributed by atoms with Gasteiger partial charge in [-0.05, 0) is 30.5 Å². The first-order valence-corrected chi connectivity index (χ1v) is 5.21. The molecule has 15 heavy (non-hydrogen) atoms. The van der Waals surface area contributed by atoms with E-state index in [1.165, 1.54) is 13.2 Å². The number of benzene rings is 1. The molecule has 2 nitrogen and oxygen atoms in total. The monoisotopic (exact) mass is 231 g/mol. The van der Waals surface area contributed by atoms with Gasteiger partial charge in [-0.1, -0.05) is 18.5 Å². The Morgan fingerprint density at radius 2 is 2.20 bits per heavy atom. The molecule has 0 fully saturated rings. The van der Waals surface area contributed by atoms with Gasteiger partial charge in [0.05, 0.1) is 12.1 Å². The lowest BCUT2D eigenvalue weighted by Crippen LogP contribution is -2.06. The number of ether oxygens (including phenoxy) is 1. The van der Waals surface area contributed by atoms with Gasteiger partial charge in [0.15, 0.2) is 0 Å². The normalized spacial score (nSPS) is 12.6. The van der Waals surface area contributed by atoms with Crippen LogP contribution in [-0.2, 0) is 0 Å². The summed E-state index contributed by atoms with van der Waals surface area (Å²) in [5, 5.41) is 0.0909. The van der Waals surface area contributed by atoms with Crippen molar-refractivity contribution in [2.45, 2.75) is 19.3 Å². The molecule has 84 valence electrons. The fourth-order valence-corrected chi connectivity index (χ4v) is 1.68. The van der Waals surface area contributed by atoms with E-state index in [0.29, 0.717) is 17.9 Å². The van der Waals surface area contributed by atoms with E-state index in [9.17, 15) is 4.39 Å². The molecule has 0 heterocycles. The molecule has 0 saturated heterocycles. The van der Waals surface area contributed by atoms with Gasteiger partial charge in [0.1, 0.15) is 11.6 Å². The summed E-state index contributed by atoms with van der Waals surface area (Å²) in [5.41, 5.74) is 6.00. The van der Waals surface area contributed by atoms with Crippen molar-refractivity contribution in [3.63, 3.8) is 0 Å². The van der Waals surface area contributed by atoms with E-state index in [1.54, 1.807) is 6.07 Å². The summed E-state index contributed by atoms with van der Waals surface area (Å²) in [6.07, 6.45) is 0.723. The third-order valence-corrected chi connectivity index (χ3v) is 2.67. The molecule has 0 aliphatic carbocycles. The molecule has 0 aromatic heterocycles. The van der Waals surface area contributed by atoms with Crippen LogP contribution in [0, 0.1) is 5.82 Å². The van der Waals surface area contributed by atoms with Crippen LogP contribution in [0.25, 0.3) is 0 Å². The van der Waals surface area contributed by atoms with Crippen molar-refractivity contribution >= 4 is 11.6 Å². The zero-order valence-electron chi connectivity index (χ0n) is 8.89. The van der Waals surface area contributed by atoms with Crippen LogP contribution in [0.15, 0.2) is 12.1 Å². The smallest absolute Gasteiger partial charge is 0.145 e. The maximum Gasteiger partial charge on any atom is 0.145 e. The number of hydrogen-bond donors (Lipinski definition) is 1. The first-order valence-electron chi connectivity index (χ1n) is 4.83. The molecule has 1 aromatic rings. The van der Waals surface area contributed by atoms with E-state index in [-0.39, 0.29) is 16.8 Å². The Bertz CT molecular complexity index is 344. The maximum atomic E-state index is 13.7. The molecule has 0 aliphatic heterocycles. The van der Waals surface area contributed by atoms with Crippen molar-refractivity contribution in [2.24, 2.45) is 5.73 Å². The van der Waals surface area contributed by atoms with Crippen molar-refractivity contribution < 1.29 is 9.13 Å². The molecular weight excluding hydrogens is 217 g/mol. The quantitative estimate of drug-likeness (QED) is 0.865. The fourth-order valence-electron chi connectivity index (χ4n) is 1.47. The first-order chi connectivity index (χ1) is 7.10. The van der Waals surface area contributed by atoms with Crippen molar-refractivity contribution in [2.75, 3.05) is 13.7 Å². The molecule has 0 spiro atoms. The summed E-state index contributed by atoms with van der Waals surface area (Å²) >= 11 is 5.76. The second-order valence-electron chi connectivity index (χ2n) is 3.49.